The Morgan fingerprint density at radius 3 is 2.45 bits per heavy atom. The summed E-state index contributed by atoms with van der Waals surface area (Å²) < 4.78 is 1.87. The predicted molar refractivity (Wildman–Crippen MR) is 77.2 cm³/mol. The molecule has 0 aromatic carbocycles. The first-order chi connectivity index (χ1) is 9.83. The number of aromatic nitrogens is 2. The fraction of sp³-hybridized carbons (Fsp3) is 0.714. The maximum Gasteiger partial charge on any atom is 0.293 e. The Morgan fingerprint density at radius 1 is 1.10 bits per heavy atom. The fourth-order valence-electron chi connectivity index (χ4n) is 3.10. The van der Waals surface area contributed by atoms with Crippen LogP contribution in [-0.4, -0.2) is 59.8 Å². The normalized spacial score (nSPS) is 24.7. The van der Waals surface area contributed by atoms with Gasteiger partial charge in [-0.2, -0.15) is 0 Å². The lowest BCUT2D eigenvalue weighted by atomic mass is 10.1. The molecule has 3 aliphatic rings. The van der Waals surface area contributed by atoms with E-state index in [2.05, 4.69) is 20.1 Å². The number of nitrogens with one attached hydrogen (secondary N) is 1. The standard InChI is InChI=1S/C14H21N5O/c20-14-13(16-3-4-19(14)11-1-2-11)18-7-5-17(6-8-18)12-9-15-10-12/h3-4,11-12,15H,1-2,5-10H2. The summed E-state index contributed by atoms with van der Waals surface area (Å²) in [4.78, 5) is 21.5. The van der Waals surface area contributed by atoms with Gasteiger partial charge in [-0.3, -0.25) is 9.69 Å². The van der Waals surface area contributed by atoms with E-state index in [0.29, 0.717) is 17.9 Å². The van der Waals surface area contributed by atoms with Crippen LogP contribution in [0.4, 0.5) is 5.82 Å². The van der Waals surface area contributed by atoms with E-state index in [9.17, 15) is 4.79 Å². The highest BCUT2D eigenvalue weighted by Gasteiger charge is 2.30. The highest BCUT2D eigenvalue weighted by atomic mass is 16.1. The molecule has 1 aromatic rings. The Bertz CT molecular complexity index is 541. The van der Waals surface area contributed by atoms with Gasteiger partial charge in [-0.25, -0.2) is 4.98 Å². The number of anilines is 1. The molecule has 0 atom stereocenters. The van der Waals surface area contributed by atoms with Crippen molar-refractivity contribution >= 4 is 5.82 Å². The average Bonchev–Trinajstić information content (AvgIpc) is 3.23. The average molecular weight is 275 g/mol. The van der Waals surface area contributed by atoms with Crippen molar-refractivity contribution < 1.29 is 0 Å². The third-order valence-corrected chi connectivity index (χ3v) is 4.68. The molecule has 20 heavy (non-hydrogen) atoms. The van der Waals surface area contributed by atoms with Gasteiger partial charge in [-0.15, -0.1) is 0 Å². The highest BCUT2D eigenvalue weighted by molar-refractivity contribution is 5.36. The van der Waals surface area contributed by atoms with Crippen molar-refractivity contribution in [3.63, 3.8) is 0 Å². The van der Waals surface area contributed by atoms with Crippen LogP contribution in [-0.2, 0) is 0 Å². The van der Waals surface area contributed by atoms with E-state index in [0.717, 1.165) is 52.1 Å². The molecule has 3 heterocycles. The van der Waals surface area contributed by atoms with Crippen molar-refractivity contribution in [3.05, 3.63) is 22.7 Å². The van der Waals surface area contributed by atoms with Gasteiger partial charge in [0.05, 0.1) is 0 Å². The molecule has 108 valence electrons. The fourth-order valence-corrected chi connectivity index (χ4v) is 3.10. The van der Waals surface area contributed by atoms with Gasteiger partial charge in [0, 0.05) is 63.7 Å². The minimum absolute atomic E-state index is 0.0914. The summed E-state index contributed by atoms with van der Waals surface area (Å²) in [6, 6.07) is 1.12. The highest BCUT2D eigenvalue weighted by Crippen LogP contribution is 2.33. The van der Waals surface area contributed by atoms with Crippen molar-refractivity contribution in [2.75, 3.05) is 44.2 Å². The third-order valence-electron chi connectivity index (χ3n) is 4.68. The molecule has 2 aliphatic heterocycles. The lowest BCUT2D eigenvalue weighted by Gasteiger charge is -2.43. The van der Waals surface area contributed by atoms with Crippen molar-refractivity contribution in [1.29, 1.82) is 0 Å². The van der Waals surface area contributed by atoms with Crippen LogP contribution < -0.4 is 15.8 Å². The van der Waals surface area contributed by atoms with Crippen LogP contribution in [0.3, 0.4) is 0 Å². The lowest BCUT2D eigenvalue weighted by Crippen LogP contribution is -2.62. The third kappa shape index (κ3) is 2.13. The van der Waals surface area contributed by atoms with E-state index in [1.165, 1.54) is 0 Å². The molecule has 2 saturated heterocycles. The summed E-state index contributed by atoms with van der Waals surface area (Å²) in [5, 5.41) is 3.32. The molecular weight excluding hydrogens is 254 g/mol. The maximum absolute atomic E-state index is 12.5. The van der Waals surface area contributed by atoms with Crippen LogP contribution in [0.15, 0.2) is 17.2 Å². The van der Waals surface area contributed by atoms with Gasteiger partial charge in [-0.1, -0.05) is 0 Å². The first-order valence-corrected chi connectivity index (χ1v) is 7.60. The molecule has 3 fully saturated rings. The minimum Gasteiger partial charge on any atom is -0.349 e. The second-order valence-electron chi connectivity index (χ2n) is 6.03. The van der Waals surface area contributed by atoms with E-state index in [1.54, 1.807) is 6.20 Å². The lowest BCUT2D eigenvalue weighted by molar-refractivity contribution is 0.137. The predicted octanol–water partition coefficient (Wildman–Crippen LogP) is -0.328. The van der Waals surface area contributed by atoms with E-state index < -0.39 is 0 Å². The molecule has 1 N–H and O–H groups in total. The number of piperazine rings is 1. The molecular formula is C14H21N5O. The zero-order valence-corrected chi connectivity index (χ0v) is 11.7. The molecule has 1 saturated carbocycles. The molecule has 0 unspecified atom stereocenters. The Kier molecular flexibility index (Phi) is 3.00. The monoisotopic (exact) mass is 275 g/mol. The largest absolute Gasteiger partial charge is 0.349 e. The van der Waals surface area contributed by atoms with Gasteiger partial charge in [0.1, 0.15) is 0 Å². The first kappa shape index (κ1) is 12.3. The first-order valence-electron chi connectivity index (χ1n) is 7.60. The van der Waals surface area contributed by atoms with Gasteiger partial charge in [0.15, 0.2) is 5.82 Å². The summed E-state index contributed by atoms with van der Waals surface area (Å²) in [6.45, 7) is 6.11. The van der Waals surface area contributed by atoms with Crippen molar-refractivity contribution in [2.45, 2.75) is 24.9 Å². The van der Waals surface area contributed by atoms with Crippen molar-refractivity contribution in [3.8, 4) is 0 Å². The SMILES string of the molecule is O=c1c(N2CCN(C3CNC3)CC2)nccn1C1CC1. The van der Waals surface area contributed by atoms with E-state index >= 15 is 0 Å². The summed E-state index contributed by atoms with van der Waals surface area (Å²) in [7, 11) is 0. The number of rotatable bonds is 3. The minimum atomic E-state index is 0.0914. The molecule has 0 spiro atoms. The van der Waals surface area contributed by atoms with Crippen molar-refractivity contribution in [1.82, 2.24) is 19.8 Å². The van der Waals surface area contributed by atoms with E-state index in [-0.39, 0.29) is 5.56 Å². The zero-order chi connectivity index (χ0) is 13.5. The molecule has 4 rings (SSSR count). The molecule has 0 radical (unpaired) electrons. The van der Waals surface area contributed by atoms with Crippen LogP contribution in [0.1, 0.15) is 18.9 Å². The van der Waals surface area contributed by atoms with Gasteiger partial charge in [-0.05, 0) is 12.8 Å². The smallest absolute Gasteiger partial charge is 0.293 e. The van der Waals surface area contributed by atoms with Crippen LogP contribution in [0.2, 0.25) is 0 Å². The van der Waals surface area contributed by atoms with Gasteiger partial charge in [0.2, 0.25) is 0 Å². The summed E-state index contributed by atoms with van der Waals surface area (Å²) >= 11 is 0. The van der Waals surface area contributed by atoms with Crippen LogP contribution in [0.5, 0.6) is 0 Å². The summed E-state index contributed by atoms with van der Waals surface area (Å²) in [6.07, 6.45) is 5.87. The topological polar surface area (TPSA) is 53.4 Å². The second kappa shape index (κ2) is 4.86. The van der Waals surface area contributed by atoms with Gasteiger partial charge in [0.25, 0.3) is 5.56 Å². The number of nitrogens with zero attached hydrogens (tertiary/aromatic N) is 4. The molecule has 6 nitrogen and oxygen atoms in total. The Balaban J connectivity index is 1.48. The number of hydrogen-bond acceptors (Lipinski definition) is 5. The van der Waals surface area contributed by atoms with Crippen LogP contribution >= 0.6 is 0 Å². The zero-order valence-electron chi connectivity index (χ0n) is 11.7. The molecule has 1 aromatic heterocycles. The molecule has 0 amide bonds. The number of hydrogen-bond donors (Lipinski definition) is 1. The maximum atomic E-state index is 12.5. The molecule has 0 bridgehead atoms. The Morgan fingerprint density at radius 2 is 1.85 bits per heavy atom. The Hall–Kier alpha value is -1.40. The van der Waals surface area contributed by atoms with Crippen molar-refractivity contribution in [2.24, 2.45) is 0 Å². The molecule has 6 heteroatoms. The summed E-state index contributed by atoms with van der Waals surface area (Å²) in [5.41, 5.74) is 0.0914. The van der Waals surface area contributed by atoms with Crippen LogP contribution in [0, 0.1) is 0 Å². The Labute approximate surface area is 118 Å². The van der Waals surface area contributed by atoms with Gasteiger partial charge < -0.3 is 14.8 Å². The molecule has 1 aliphatic carbocycles. The van der Waals surface area contributed by atoms with Gasteiger partial charge >= 0.3 is 0 Å². The van der Waals surface area contributed by atoms with Crippen LogP contribution in [0.25, 0.3) is 0 Å². The quantitative estimate of drug-likeness (QED) is 0.819. The second-order valence-corrected chi connectivity index (χ2v) is 6.03. The summed E-state index contributed by atoms with van der Waals surface area (Å²) in [5.74, 6) is 0.644. The van der Waals surface area contributed by atoms with E-state index in [4.69, 9.17) is 0 Å². The van der Waals surface area contributed by atoms with E-state index in [1.807, 2.05) is 10.8 Å².